The minimum absolute atomic E-state index is 0.104. The quantitative estimate of drug-likeness (QED) is 0.851. The van der Waals surface area contributed by atoms with Crippen molar-refractivity contribution in [2.45, 2.75) is 37.8 Å². The molecule has 0 radical (unpaired) electrons. The van der Waals surface area contributed by atoms with Gasteiger partial charge in [0.1, 0.15) is 5.82 Å². The molecule has 1 fully saturated rings. The summed E-state index contributed by atoms with van der Waals surface area (Å²) in [6.07, 6.45) is 3.73. The SMILES string of the molecule is O[C@H]1CC[C@H](Nc2ccc3ccccc3n2)CC1. The molecule has 0 aliphatic heterocycles. The van der Waals surface area contributed by atoms with E-state index in [0.717, 1.165) is 37.0 Å². The molecule has 0 spiro atoms. The molecule has 0 atom stereocenters. The Morgan fingerprint density at radius 2 is 1.78 bits per heavy atom. The van der Waals surface area contributed by atoms with Gasteiger partial charge < -0.3 is 10.4 Å². The zero-order valence-corrected chi connectivity index (χ0v) is 10.3. The summed E-state index contributed by atoms with van der Waals surface area (Å²) in [6.45, 7) is 0. The minimum Gasteiger partial charge on any atom is -0.393 e. The molecule has 2 N–H and O–H groups in total. The Hall–Kier alpha value is -1.61. The molecule has 0 amide bonds. The van der Waals surface area contributed by atoms with Crippen LogP contribution in [-0.4, -0.2) is 22.2 Å². The number of fused-ring (bicyclic) bond motifs is 1. The van der Waals surface area contributed by atoms with Gasteiger partial charge in [0.25, 0.3) is 0 Å². The lowest BCUT2D eigenvalue weighted by molar-refractivity contribution is 0.126. The Balaban J connectivity index is 1.74. The summed E-state index contributed by atoms with van der Waals surface area (Å²) in [5.74, 6) is 0.940. The number of aliphatic hydroxyl groups is 1. The molecule has 1 aromatic heterocycles. The Labute approximate surface area is 107 Å². The molecule has 3 nitrogen and oxygen atoms in total. The first-order valence-corrected chi connectivity index (χ1v) is 6.62. The van der Waals surface area contributed by atoms with Crippen molar-refractivity contribution >= 4 is 16.7 Å². The maximum atomic E-state index is 9.49. The number of nitrogens with zero attached hydrogens (tertiary/aromatic N) is 1. The molecule has 2 aromatic rings. The summed E-state index contributed by atoms with van der Waals surface area (Å²) in [7, 11) is 0. The number of nitrogens with one attached hydrogen (secondary N) is 1. The highest BCUT2D eigenvalue weighted by atomic mass is 16.3. The van der Waals surface area contributed by atoms with Crippen molar-refractivity contribution in [1.29, 1.82) is 0 Å². The van der Waals surface area contributed by atoms with E-state index in [9.17, 15) is 5.11 Å². The third kappa shape index (κ3) is 2.46. The molecule has 3 heteroatoms. The predicted octanol–water partition coefficient (Wildman–Crippen LogP) is 2.95. The smallest absolute Gasteiger partial charge is 0.126 e. The highest BCUT2D eigenvalue weighted by Crippen LogP contribution is 2.22. The van der Waals surface area contributed by atoms with E-state index >= 15 is 0 Å². The molecular formula is C15H18N2O. The number of hydrogen-bond donors (Lipinski definition) is 2. The first-order chi connectivity index (χ1) is 8.81. The van der Waals surface area contributed by atoms with Gasteiger partial charge in [0.15, 0.2) is 0 Å². The Morgan fingerprint density at radius 1 is 1.00 bits per heavy atom. The van der Waals surface area contributed by atoms with Crippen LogP contribution in [0.1, 0.15) is 25.7 Å². The fourth-order valence-corrected chi connectivity index (χ4v) is 2.58. The van der Waals surface area contributed by atoms with Crippen LogP contribution in [0.4, 0.5) is 5.82 Å². The maximum absolute atomic E-state index is 9.49. The van der Waals surface area contributed by atoms with Crippen molar-refractivity contribution < 1.29 is 5.11 Å². The van der Waals surface area contributed by atoms with Crippen LogP contribution in [0.15, 0.2) is 36.4 Å². The molecule has 0 unspecified atom stereocenters. The zero-order valence-electron chi connectivity index (χ0n) is 10.3. The van der Waals surface area contributed by atoms with Crippen LogP contribution in [0, 0.1) is 0 Å². The molecule has 1 aromatic carbocycles. The number of rotatable bonds is 2. The first kappa shape index (κ1) is 11.5. The second kappa shape index (κ2) is 4.94. The standard InChI is InChI=1S/C15H18N2O/c18-13-8-6-12(7-9-13)16-15-10-5-11-3-1-2-4-14(11)17-15/h1-5,10,12-13,18H,6-9H2,(H,16,17)/t12-,13-. The van der Waals surface area contributed by atoms with Crippen LogP contribution < -0.4 is 5.32 Å². The van der Waals surface area contributed by atoms with Gasteiger partial charge >= 0.3 is 0 Å². The fraction of sp³-hybridized carbons (Fsp3) is 0.400. The monoisotopic (exact) mass is 242 g/mol. The van der Waals surface area contributed by atoms with Crippen molar-refractivity contribution in [2.75, 3.05) is 5.32 Å². The minimum atomic E-state index is -0.104. The number of aliphatic hydroxyl groups excluding tert-OH is 1. The number of para-hydroxylation sites is 1. The van der Waals surface area contributed by atoms with Gasteiger partial charge in [0, 0.05) is 11.4 Å². The molecule has 1 heterocycles. The van der Waals surface area contributed by atoms with Gasteiger partial charge in [-0.15, -0.1) is 0 Å². The van der Waals surface area contributed by atoms with Crippen LogP contribution in [-0.2, 0) is 0 Å². The van der Waals surface area contributed by atoms with Crippen molar-refractivity contribution in [2.24, 2.45) is 0 Å². The molecule has 1 aliphatic carbocycles. The fourth-order valence-electron chi connectivity index (χ4n) is 2.58. The molecule has 1 aliphatic rings. The molecule has 0 saturated heterocycles. The van der Waals surface area contributed by atoms with E-state index in [1.807, 2.05) is 24.3 Å². The van der Waals surface area contributed by atoms with Gasteiger partial charge in [-0.2, -0.15) is 0 Å². The van der Waals surface area contributed by atoms with Gasteiger partial charge in [-0.25, -0.2) is 4.98 Å². The summed E-state index contributed by atoms with van der Waals surface area (Å²) in [6, 6.07) is 12.7. The largest absolute Gasteiger partial charge is 0.393 e. The van der Waals surface area contributed by atoms with Crippen LogP contribution >= 0.6 is 0 Å². The van der Waals surface area contributed by atoms with E-state index < -0.39 is 0 Å². The Morgan fingerprint density at radius 3 is 2.61 bits per heavy atom. The van der Waals surface area contributed by atoms with Crippen molar-refractivity contribution in [3.63, 3.8) is 0 Å². The third-order valence-corrected chi connectivity index (χ3v) is 3.65. The summed E-state index contributed by atoms with van der Waals surface area (Å²) < 4.78 is 0. The van der Waals surface area contributed by atoms with Crippen LogP contribution in [0.2, 0.25) is 0 Å². The van der Waals surface area contributed by atoms with Gasteiger partial charge in [0.2, 0.25) is 0 Å². The van der Waals surface area contributed by atoms with E-state index in [2.05, 4.69) is 22.4 Å². The van der Waals surface area contributed by atoms with E-state index in [1.54, 1.807) is 0 Å². The second-order valence-corrected chi connectivity index (χ2v) is 5.04. The van der Waals surface area contributed by atoms with Gasteiger partial charge in [0.05, 0.1) is 11.6 Å². The topological polar surface area (TPSA) is 45.1 Å². The molecule has 3 rings (SSSR count). The predicted molar refractivity (Wildman–Crippen MR) is 73.6 cm³/mol. The molecular weight excluding hydrogens is 224 g/mol. The third-order valence-electron chi connectivity index (χ3n) is 3.65. The van der Waals surface area contributed by atoms with Crippen LogP contribution in [0.3, 0.4) is 0 Å². The lowest BCUT2D eigenvalue weighted by Crippen LogP contribution is -2.28. The summed E-state index contributed by atoms with van der Waals surface area (Å²) in [4.78, 5) is 4.61. The van der Waals surface area contributed by atoms with E-state index in [1.165, 1.54) is 5.39 Å². The van der Waals surface area contributed by atoms with E-state index in [4.69, 9.17) is 0 Å². The van der Waals surface area contributed by atoms with E-state index in [-0.39, 0.29) is 6.10 Å². The van der Waals surface area contributed by atoms with Gasteiger partial charge in [-0.1, -0.05) is 18.2 Å². The maximum Gasteiger partial charge on any atom is 0.126 e. The lowest BCUT2D eigenvalue weighted by atomic mass is 9.93. The average molecular weight is 242 g/mol. The number of benzene rings is 1. The molecule has 0 bridgehead atoms. The number of hydrogen-bond acceptors (Lipinski definition) is 3. The van der Waals surface area contributed by atoms with Crippen molar-refractivity contribution in [1.82, 2.24) is 4.98 Å². The Bertz CT molecular complexity index is 533. The highest BCUT2D eigenvalue weighted by Gasteiger charge is 2.19. The molecule has 94 valence electrons. The summed E-state index contributed by atoms with van der Waals surface area (Å²) >= 11 is 0. The zero-order chi connectivity index (χ0) is 12.4. The van der Waals surface area contributed by atoms with Gasteiger partial charge in [-0.05, 0) is 43.9 Å². The van der Waals surface area contributed by atoms with Crippen LogP contribution in [0.25, 0.3) is 10.9 Å². The first-order valence-electron chi connectivity index (χ1n) is 6.62. The average Bonchev–Trinajstić information content (AvgIpc) is 2.41. The summed E-state index contributed by atoms with van der Waals surface area (Å²) in [5.41, 5.74) is 1.03. The highest BCUT2D eigenvalue weighted by molar-refractivity contribution is 5.80. The van der Waals surface area contributed by atoms with E-state index in [0.29, 0.717) is 6.04 Å². The number of aromatic nitrogens is 1. The molecule has 1 saturated carbocycles. The Kier molecular flexibility index (Phi) is 3.15. The number of pyridine rings is 1. The molecule has 18 heavy (non-hydrogen) atoms. The second-order valence-electron chi connectivity index (χ2n) is 5.04. The number of anilines is 1. The lowest BCUT2D eigenvalue weighted by Gasteiger charge is -2.26. The summed E-state index contributed by atoms with van der Waals surface area (Å²) in [5, 5.41) is 14.1. The normalized spacial score (nSPS) is 24.1. The van der Waals surface area contributed by atoms with Gasteiger partial charge in [-0.3, -0.25) is 0 Å². The van der Waals surface area contributed by atoms with Crippen LogP contribution in [0.5, 0.6) is 0 Å². The van der Waals surface area contributed by atoms with Crippen molar-refractivity contribution in [3.8, 4) is 0 Å². The van der Waals surface area contributed by atoms with Crippen molar-refractivity contribution in [3.05, 3.63) is 36.4 Å².